The minimum absolute atomic E-state index is 0.0763. The van der Waals surface area contributed by atoms with Crippen LogP contribution in [-0.4, -0.2) is 55.3 Å². The number of carbonyl (C=O) groups excluding carboxylic acids is 1. The first-order valence-corrected chi connectivity index (χ1v) is 4.55. The van der Waals surface area contributed by atoms with Crippen LogP contribution in [0.25, 0.3) is 0 Å². The molecule has 0 saturated heterocycles. The second-order valence-corrected chi connectivity index (χ2v) is 3.93. The summed E-state index contributed by atoms with van der Waals surface area (Å²) in [6.45, 7) is 3.55. The Kier molecular flexibility index (Phi) is 3.35. The molecular formula is C8H15N5O2. The summed E-state index contributed by atoms with van der Waals surface area (Å²) >= 11 is 0. The van der Waals surface area contributed by atoms with Crippen molar-refractivity contribution in [1.82, 2.24) is 25.1 Å². The Labute approximate surface area is 87.7 Å². The van der Waals surface area contributed by atoms with Crippen LogP contribution in [0.15, 0.2) is 6.33 Å². The van der Waals surface area contributed by atoms with Gasteiger partial charge in [0.25, 0.3) is 0 Å². The standard InChI is InChI=1S/C8H15N5O2/c1-8(2,5-14)12(3)7(15)4-13-6-9-10-11-13/h6,14H,4-5H2,1-3H3. The molecule has 0 atom stereocenters. The number of hydrogen-bond acceptors (Lipinski definition) is 5. The van der Waals surface area contributed by atoms with Crippen molar-refractivity contribution < 1.29 is 9.90 Å². The van der Waals surface area contributed by atoms with Crippen molar-refractivity contribution in [3.8, 4) is 0 Å². The van der Waals surface area contributed by atoms with Crippen LogP contribution >= 0.6 is 0 Å². The van der Waals surface area contributed by atoms with Gasteiger partial charge in [-0.2, -0.15) is 0 Å². The molecule has 0 aliphatic heterocycles. The quantitative estimate of drug-likeness (QED) is 0.686. The number of tetrazole rings is 1. The summed E-state index contributed by atoms with van der Waals surface area (Å²) in [6, 6.07) is 0. The van der Waals surface area contributed by atoms with Gasteiger partial charge in [-0.15, -0.1) is 5.10 Å². The van der Waals surface area contributed by atoms with Gasteiger partial charge < -0.3 is 10.0 Å². The zero-order chi connectivity index (χ0) is 11.5. The normalized spacial score (nSPS) is 11.5. The Morgan fingerprint density at radius 3 is 2.73 bits per heavy atom. The van der Waals surface area contributed by atoms with E-state index in [1.165, 1.54) is 15.9 Å². The first-order chi connectivity index (χ1) is 6.97. The van der Waals surface area contributed by atoms with E-state index in [0.717, 1.165) is 0 Å². The number of likely N-dealkylation sites (N-methyl/N-ethyl adjacent to an activating group) is 1. The lowest BCUT2D eigenvalue weighted by atomic mass is 10.1. The summed E-state index contributed by atoms with van der Waals surface area (Å²) in [7, 11) is 1.64. The first kappa shape index (κ1) is 11.6. The van der Waals surface area contributed by atoms with Crippen LogP contribution in [0.3, 0.4) is 0 Å². The van der Waals surface area contributed by atoms with Crippen LogP contribution in [0.1, 0.15) is 13.8 Å². The average molecular weight is 213 g/mol. The Hall–Kier alpha value is -1.50. The zero-order valence-corrected chi connectivity index (χ0v) is 9.08. The number of carbonyl (C=O) groups is 1. The fourth-order valence-electron chi connectivity index (χ4n) is 0.941. The molecule has 1 rings (SSSR count). The highest BCUT2D eigenvalue weighted by atomic mass is 16.3. The molecule has 0 radical (unpaired) electrons. The van der Waals surface area contributed by atoms with E-state index in [1.54, 1.807) is 20.9 Å². The van der Waals surface area contributed by atoms with Crippen LogP contribution in [0, 0.1) is 0 Å². The van der Waals surface area contributed by atoms with Gasteiger partial charge in [0.15, 0.2) is 0 Å². The zero-order valence-electron chi connectivity index (χ0n) is 9.08. The number of aromatic nitrogens is 4. The number of rotatable bonds is 4. The van der Waals surface area contributed by atoms with Gasteiger partial charge in [0.2, 0.25) is 5.91 Å². The average Bonchev–Trinajstić information content (AvgIpc) is 2.69. The monoisotopic (exact) mass is 213 g/mol. The summed E-state index contributed by atoms with van der Waals surface area (Å²) in [6.07, 6.45) is 1.37. The van der Waals surface area contributed by atoms with Crippen molar-refractivity contribution in [2.75, 3.05) is 13.7 Å². The van der Waals surface area contributed by atoms with Gasteiger partial charge in [-0.05, 0) is 24.3 Å². The highest BCUT2D eigenvalue weighted by molar-refractivity contribution is 5.76. The number of hydrogen-bond donors (Lipinski definition) is 1. The predicted octanol–water partition coefficient (Wildman–Crippen LogP) is -1.10. The van der Waals surface area contributed by atoms with Crippen molar-refractivity contribution in [3.63, 3.8) is 0 Å². The molecule has 0 spiro atoms. The Morgan fingerprint density at radius 2 is 2.27 bits per heavy atom. The van der Waals surface area contributed by atoms with Crippen LogP contribution in [0.5, 0.6) is 0 Å². The summed E-state index contributed by atoms with van der Waals surface area (Å²) in [5.74, 6) is -0.152. The molecule has 1 heterocycles. The SMILES string of the molecule is CN(C(=O)Cn1cnnn1)C(C)(C)CO. The van der Waals surface area contributed by atoms with Crippen LogP contribution in [-0.2, 0) is 11.3 Å². The lowest BCUT2D eigenvalue weighted by Crippen LogP contribution is -2.48. The maximum absolute atomic E-state index is 11.7. The summed E-state index contributed by atoms with van der Waals surface area (Å²) in [5.41, 5.74) is -0.578. The van der Waals surface area contributed by atoms with Crippen molar-refractivity contribution >= 4 is 5.91 Å². The van der Waals surface area contributed by atoms with E-state index in [9.17, 15) is 4.79 Å². The minimum atomic E-state index is -0.578. The smallest absolute Gasteiger partial charge is 0.244 e. The molecule has 1 amide bonds. The van der Waals surface area contributed by atoms with Crippen molar-refractivity contribution in [2.45, 2.75) is 25.9 Å². The van der Waals surface area contributed by atoms with Crippen molar-refractivity contribution in [2.24, 2.45) is 0 Å². The molecule has 0 aliphatic rings. The molecule has 84 valence electrons. The third-order valence-corrected chi connectivity index (χ3v) is 2.36. The fraction of sp³-hybridized carbons (Fsp3) is 0.750. The van der Waals surface area contributed by atoms with Gasteiger partial charge in [0.1, 0.15) is 12.9 Å². The molecule has 0 aliphatic carbocycles. The highest BCUT2D eigenvalue weighted by Gasteiger charge is 2.26. The van der Waals surface area contributed by atoms with Gasteiger partial charge in [-0.3, -0.25) is 4.79 Å². The van der Waals surface area contributed by atoms with Gasteiger partial charge >= 0.3 is 0 Å². The van der Waals surface area contributed by atoms with E-state index in [2.05, 4.69) is 15.5 Å². The second kappa shape index (κ2) is 4.35. The predicted molar refractivity (Wildman–Crippen MR) is 51.8 cm³/mol. The molecule has 0 aromatic carbocycles. The van der Waals surface area contributed by atoms with Crippen molar-refractivity contribution in [1.29, 1.82) is 0 Å². The second-order valence-electron chi connectivity index (χ2n) is 3.93. The Balaban J connectivity index is 2.62. The van der Waals surface area contributed by atoms with E-state index in [1.807, 2.05) is 0 Å². The molecule has 0 bridgehead atoms. The van der Waals surface area contributed by atoms with E-state index in [4.69, 9.17) is 5.11 Å². The lowest BCUT2D eigenvalue weighted by molar-refractivity contribution is -0.136. The van der Waals surface area contributed by atoms with E-state index >= 15 is 0 Å². The molecular weight excluding hydrogens is 198 g/mol. The van der Waals surface area contributed by atoms with Gasteiger partial charge in [0, 0.05) is 7.05 Å². The minimum Gasteiger partial charge on any atom is -0.394 e. The van der Waals surface area contributed by atoms with E-state index in [-0.39, 0.29) is 19.1 Å². The first-order valence-electron chi connectivity index (χ1n) is 4.55. The Morgan fingerprint density at radius 1 is 1.60 bits per heavy atom. The summed E-state index contributed by atoms with van der Waals surface area (Å²) in [4.78, 5) is 13.2. The number of aliphatic hydroxyl groups is 1. The summed E-state index contributed by atoms with van der Waals surface area (Å²) < 4.78 is 1.34. The maximum Gasteiger partial charge on any atom is 0.244 e. The summed E-state index contributed by atoms with van der Waals surface area (Å²) in [5, 5.41) is 19.5. The highest BCUT2D eigenvalue weighted by Crippen LogP contribution is 2.11. The van der Waals surface area contributed by atoms with Gasteiger partial charge in [0.05, 0.1) is 12.1 Å². The topological polar surface area (TPSA) is 84.1 Å². The fourth-order valence-corrected chi connectivity index (χ4v) is 0.941. The molecule has 15 heavy (non-hydrogen) atoms. The number of aliphatic hydroxyl groups excluding tert-OH is 1. The third-order valence-electron chi connectivity index (χ3n) is 2.36. The molecule has 1 aromatic heterocycles. The Bertz CT molecular complexity index is 322. The van der Waals surface area contributed by atoms with Crippen molar-refractivity contribution in [3.05, 3.63) is 6.33 Å². The molecule has 7 nitrogen and oxygen atoms in total. The number of amides is 1. The van der Waals surface area contributed by atoms with Crippen LogP contribution in [0.4, 0.5) is 0 Å². The van der Waals surface area contributed by atoms with Crippen LogP contribution < -0.4 is 0 Å². The molecule has 7 heteroatoms. The van der Waals surface area contributed by atoms with Gasteiger partial charge in [-0.25, -0.2) is 4.68 Å². The lowest BCUT2D eigenvalue weighted by Gasteiger charge is -2.33. The number of nitrogens with zero attached hydrogens (tertiary/aromatic N) is 5. The molecule has 1 N–H and O–H groups in total. The molecule has 0 saturated carbocycles. The van der Waals surface area contributed by atoms with E-state index in [0.29, 0.717) is 0 Å². The maximum atomic E-state index is 11.7. The third kappa shape index (κ3) is 2.72. The van der Waals surface area contributed by atoms with Gasteiger partial charge in [-0.1, -0.05) is 0 Å². The largest absolute Gasteiger partial charge is 0.394 e. The molecule has 0 fully saturated rings. The molecule has 1 aromatic rings. The molecule has 0 unspecified atom stereocenters. The van der Waals surface area contributed by atoms with Crippen LogP contribution in [0.2, 0.25) is 0 Å². The van der Waals surface area contributed by atoms with E-state index < -0.39 is 5.54 Å².